The molecule has 104 valence electrons. The van der Waals surface area contributed by atoms with Crippen LogP contribution in [-0.4, -0.2) is 24.4 Å². The lowest BCUT2D eigenvalue weighted by Gasteiger charge is -2.41. The van der Waals surface area contributed by atoms with Gasteiger partial charge < -0.3 is 4.90 Å². The molecule has 1 amide bonds. The summed E-state index contributed by atoms with van der Waals surface area (Å²) in [7, 11) is 1.94. The Bertz CT molecular complexity index is 426. The van der Waals surface area contributed by atoms with E-state index in [1.807, 2.05) is 30.1 Å². The molecule has 1 unspecified atom stereocenters. The molecule has 1 aromatic carbocycles. The highest BCUT2D eigenvalue weighted by Crippen LogP contribution is 2.39. The van der Waals surface area contributed by atoms with E-state index in [-0.39, 0.29) is 5.41 Å². The van der Waals surface area contributed by atoms with Crippen molar-refractivity contribution in [2.24, 2.45) is 5.92 Å². The van der Waals surface area contributed by atoms with Gasteiger partial charge in [-0.1, -0.05) is 44.2 Å². The van der Waals surface area contributed by atoms with Gasteiger partial charge in [0.05, 0.1) is 5.41 Å². The molecule has 0 radical (unpaired) electrons. The summed E-state index contributed by atoms with van der Waals surface area (Å²) >= 11 is 0. The fourth-order valence-electron chi connectivity index (χ4n) is 3.13. The van der Waals surface area contributed by atoms with Gasteiger partial charge in [0, 0.05) is 13.6 Å². The van der Waals surface area contributed by atoms with E-state index in [1.54, 1.807) is 0 Å². The van der Waals surface area contributed by atoms with Gasteiger partial charge in [0.15, 0.2) is 0 Å². The Morgan fingerprint density at radius 3 is 2.58 bits per heavy atom. The van der Waals surface area contributed by atoms with Gasteiger partial charge in [-0.15, -0.1) is 0 Å². The lowest BCUT2D eigenvalue weighted by atomic mass is 9.69. The molecule has 1 aliphatic heterocycles. The van der Waals surface area contributed by atoms with Crippen molar-refractivity contribution in [2.75, 3.05) is 13.6 Å². The molecule has 0 aromatic heterocycles. The van der Waals surface area contributed by atoms with Crippen LogP contribution in [0.2, 0.25) is 0 Å². The second-order valence-electron chi connectivity index (χ2n) is 6.21. The maximum absolute atomic E-state index is 12.8. The molecule has 1 fully saturated rings. The number of likely N-dealkylation sites (N-methyl/N-ethyl adjacent to an activating group) is 1. The number of nitrogens with zero attached hydrogens (tertiary/aromatic N) is 1. The normalized spacial score (nSPS) is 24.0. The highest BCUT2D eigenvalue weighted by Gasteiger charge is 2.43. The van der Waals surface area contributed by atoms with E-state index >= 15 is 0 Å². The van der Waals surface area contributed by atoms with Gasteiger partial charge in [-0.05, 0) is 37.2 Å². The molecule has 2 rings (SSSR count). The molecular weight excluding hydrogens is 234 g/mol. The van der Waals surface area contributed by atoms with Crippen LogP contribution < -0.4 is 0 Å². The molecule has 0 aliphatic carbocycles. The highest BCUT2D eigenvalue weighted by atomic mass is 16.2. The molecule has 1 heterocycles. The first-order valence-electron chi connectivity index (χ1n) is 7.37. The lowest BCUT2D eigenvalue weighted by Crippen LogP contribution is -2.49. The minimum atomic E-state index is -0.279. The van der Waals surface area contributed by atoms with Gasteiger partial charge in [0.25, 0.3) is 0 Å². The average Bonchev–Trinajstić information content (AvgIpc) is 2.42. The quantitative estimate of drug-likeness (QED) is 0.809. The first kappa shape index (κ1) is 14.1. The highest BCUT2D eigenvalue weighted by molar-refractivity contribution is 5.88. The third-order valence-corrected chi connectivity index (χ3v) is 4.33. The maximum atomic E-state index is 12.8. The number of benzene rings is 1. The first-order valence-corrected chi connectivity index (χ1v) is 7.37. The third-order valence-electron chi connectivity index (χ3n) is 4.33. The third kappa shape index (κ3) is 2.83. The number of hydrogen-bond donors (Lipinski definition) is 0. The summed E-state index contributed by atoms with van der Waals surface area (Å²) in [5, 5.41) is 0. The summed E-state index contributed by atoms with van der Waals surface area (Å²) in [5.74, 6) is 0.950. The molecular formula is C17H25NO. The van der Waals surface area contributed by atoms with Gasteiger partial charge in [-0.25, -0.2) is 0 Å². The number of hydrogen-bond acceptors (Lipinski definition) is 1. The predicted octanol–water partition coefficient (Wildman–Crippen LogP) is 3.61. The van der Waals surface area contributed by atoms with E-state index in [4.69, 9.17) is 0 Å². The van der Waals surface area contributed by atoms with Gasteiger partial charge in [0.2, 0.25) is 5.91 Å². The van der Waals surface area contributed by atoms with Crippen molar-refractivity contribution in [1.29, 1.82) is 0 Å². The second kappa shape index (κ2) is 5.77. The molecule has 1 aromatic rings. The van der Waals surface area contributed by atoms with Crippen molar-refractivity contribution in [3.05, 3.63) is 35.9 Å². The van der Waals surface area contributed by atoms with E-state index in [9.17, 15) is 4.79 Å². The van der Waals surface area contributed by atoms with Gasteiger partial charge in [-0.3, -0.25) is 4.79 Å². The fraction of sp³-hybridized carbons (Fsp3) is 0.588. The summed E-state index contributed by atoms with van der Waals surface area (Å²) in [6.07, 6.45) is 4.18. The Hall–Kier alpha value is -1.31. The zero-order chi connectivity index (χ0) is 13.9. The molecule has 2 heteroatoms. The van der Waals surface area contributed by atoms with E-state index in [0.29, 0.717) is 11.8 Å². The predicted molar refractivity (Wildman–Crippen MR) is 79.1 cm³/mol. The molecule has 0 N–H and O–H groups in total. The van der Waals surface area contributed by atoms with Crippen LogP contribution in [0.5, 0.6) is 0 Å². The monoisotopic (exact) mass is 259 g/mol. The van der Waals surface area contributed by atoms with E-state index in [0.717, 1.165) is 32.2 Å². The molecule has 0 spiro atoms. The topological polar surface area (TPSA) is 20.3 Å². The Morgan fingerprint density at radius 2 is 1.95 bits per heavy atom. The number of likely N-dealkylation sites (tertiary alicyclic amines) is 1. The molecule has 1 aliphatic rings. The molecule has 2 nitrogen and oxygen atoms in total. The van der Waals surface area contributed by atoms with Gasteiger partial charge in [0.1, 0.15) is 0 Å². The summed E-state index contributed by atoms with van der Waals surface area (Å²) in [6.45, 7) is 5.36. The Kier molecular flexibility index (Phi) is 4.28. The summed E-state index contributed by atoms with van der Waals surface area (Å²) in [5.41, 5.74) is 0.922. The zero-order valence-corrected chi connectivity index (χ0v) is 12.4. The summed E-state index contributed by atoms with van der Waals surface area (Å²) < 4.78 is 0. The van der Waals surface area contributed by atoms with Crippen molar-refractivity contribution in [3.8, 4) is 0 Å². The number of carbonyl (C=O) groups excluding carboxylic acids is 1. The van der Waals surface area contributed by atoms with Gasteiger partial charge >= 0.3 is 0 Å². The van der Waals surface area contributed by atoms with Crippen molar-refractivity contribution >= 4 is 5.91 Å². The number of carbonyl (C=O) groups is 1. The minimum Gasteiger partial charge on any atom is -0.345 e. The summed E-state index contributed by atoms with van der Waals surface area (Å²) in [6, 6.07) is 10.4. The van der Waals surface area contributed by atoms with E-state index in [2.05, 4.69) is 26.0 Å². The molecule has 0 saturated carbocycles. The van der Waals surface area contributed by atoms with Crippen LogP contribution in [0.25, 0.3) is 0 Å². The van der Waals surface area contributed by atoms with Crippen molar-refractivity contribution in [3.63, 3.8) is 0 Å². The van der Waals surface area contributed by atoms with E-state index in [1.165, 1.54) is 5.56 Å². The van der Waals surface area contributed by atoms with Crippen LogP contribution >= 0.6 is 0 Å². The van der Waals surface area contributed by atoms with Crippen LogP contribution in [0, 0.1) is 5.92 Å². The van der Waals surface area contributed by atoms with Crippen LogP contribution in [-0.2, 0) is 10.2 Å². The van der Waals surface area contributed by atoms with E-state index < -0.39 is 0 Å². The Labute approximate surface area is 116 Å². The second-order valence-corrected chi connectivity index (χ2v) is 6.21. The number of piperidine rings is 1. The number of amides is 1. The molecule has 1 atom stereocenters. The number of rotatable bonds is 4. The standard InChI is InChI=1S/C17H25NO/c1-14(2)10-12-17(15-8-5-4-6-9-15)11-7-13-18(3)16(17)19/h4-6,8-9,14H,7,10-13H2,1-3H3. The summed E-state index contributed by atoms with van der Waals surface area (Å²) in [4.78, 5) is 14.7. The van der Waals surface area contributed by atoms with Crippen LogP contribution in [0.3, 0.4) is 0 Å². The Morgan fingerprint density at radius 1 is 1.26 bits per heavy atom. The molecule has 1 saturated heterocycles. The first-order chi connectivity index (χ1) is 9.06. The fourth-order valence-corrected chi connectivity index (χ4v) is 3.13. The van der Waals surface area contributed by atoms with Crippen LogP contribution in [0.15, 0.2) is 30.3 Å². The largest absolute Gasteiger partial charge is 0.345 e. The van der Waals surface area contributed by atoms with Gasteiger partial charge in [-0.2, -0.15) is 0 Å². The minimum absolute atomic E-state index is 0.279. The molecule has 19 heavy (non-hydrogen) atoms. The smallest absolute Gasteiger partial charge is 0.232 e. The van der Waals surface area contributed by atoms with Crippen molar-refractivity contribution in [2.45, 2.75) is 44.9 Å². The Balaban J connectivity index is 2.35. The van der Waals surface area contributed by atoms with Crippen LogP contribution in [0.4, 0.5) is 0 Å². The average molecular weight is 259 g/mol. The van der Waals surface area contributed by atoms with Crippen molar-refractivity contribution in [1.82, 2.24) is 4.90 Å². The van der Waals surface area contributed by atoms with Crippen molar-refractivity contribution < 1.29 is 4.79 Å². The van der Waals surface area contributed by atoms with Crippen LogP contribution in [0.1, 0.15) is 45.1 Å². The molecule has 0 bridgehead atoms. The lowest BCUT2D eigenvalue weighted by molar-refractivity contribution is -0.139. The zero-order valence-electron chi connectivity index (χ0n) is 12.4. The maximum Gasteiger partial charge on any atom is 0.232 e. The SMILES string of the molecule is CC(C)CCC1(c2ccccc2)CCCN(C)C1=O.